The molecule has 0 radical (unpaired) electrons. The van der Waals surface area contributed by atoms with Crippen molar-refractivity contribution in [1.29, 1.82) is 0 Å². The lowest BCUT2D eigenvalue weighted by atomic mass is 9.87. The number of alkyl halides is 3. The first-order valence-corrected chi connectivity index (χ1v) is 16.1. The number of amides is 2. The van der Waals surface area contributed by atoms with Gasteiger partial charge in [-0.25, -0.2) is 4.79 Å². The molecule has 3 aliphatic rings. The summed E-state index contributed by atoms with van der Waals surface area (Å²) < 4.78 is 59.9. The Morgan fingerprint density at radius 3 is 2.62 bits per heavy atom. The van der Waals surface area contributed by atoms with Gasteiger partial charge in [0.05, 0.1) is 46.8 Å². The van der Waals surface area contributed by atoms with Crippen molar-refractivity contribution >= 4 is 40.6 Å². The first kappa shape index (κ1) is 33.9. The normalized spacial score (nSPS) is 21.6. The molecular formula is C32H36ClF3N6O6. The molecule has 2 aromatic heterocycles. The third-order valence-electron chi connectivity index (χ3n) is 8.60. The summed E-state index contributed by atoms with van der Waals surface area (Å²) in [6, 6.07) is 2.66. The number of rotatable bonds is 4. The van der Waals surface area contributed by atoms with Crippen LogP contribution < -0.4 is 10.9 Å². The maximum Gasteiger partial charge on any atom is 0.416 e. The van der Waals surface area contributed by atoms with Crippen molar-refractivity contribution in [3.63, 3.8) is 0 Å². The second kappa shape index (κ2) is 12.5. The van der Waals surface area contributed by atoms with E-state index in [-0.39, 0.29) is 29.6 Å². The molecule has 0 unspecified atom stereocenters. The number of halogens is 4. The summed E-state index contributed by atoms with van der Waals surface area (Å²) in [5.41, 5.74) is -1.61. The third kappa shape index (κ3) is 6.54. The van der Waals surface area contributed by atoms with E-state index in [1.54, 1.807) is 37.2 Å². The van der Waals surface area contributed by atoms with Crippen molar-refractivity contribution in [1.82, 2.24) is 24.1 Å². The van der Waals surface area contributed by atoms with E-state index in [1.165, 1.54) is 4.52 Å². The molecule has 2 amide bonds. The average Bonchev–Trinajstić information content (AvgIpc) is 3.49. The lowest BCUT2D eigenvalue weighted by Crippen LogP contribution is -2.39. The van der Waals surface area contributed by atoms with E-state index in [1.807, 2.05) is 6.08 Å². The molecule has 3 aromatic rings. The van der Waals surface area contributed by atoms with Gasteiger partial charge in [-0.3, -0.25) is 9.59 Å². The number of ether oxygens (including phenoxy) is 3. The molecule has 3 aliphatic heterocycles. The smallest absolute Gasteiger partial charge is 0.416 e. The van der Waals surface area contributed by atoms with Crippen LogP contribution in [-0.2, 0) is 37.3 Å². The molecule has 2 atom stereocenters. The van der Waals surface area contributed by atoms with Gasteiger partial charge in [-0.1, -0.05) is 17.7 Å². The molecule has 48 heavy (non-hydrogen) atoms. The number of nitrogens with one attached hydrogen (secondary N) is 1. The molecule has 16 heteroatoms. The number of nitrogens with zero attached hydrogens (tertiary/aromatic N) is 5. The van der Waals surface area contributed by atoms with Crippen LogP contribution in [0.4, 0.5) is 23.7 Å². The van der Waals surface area contributed by atoms with Crippen LogP contribution >= 0.6 is 11.6 Å². The highest BCUT2D eigenvalue weighted by atomic mass is 35.5. The SMILES string of the molecule is C[C@H]1O[C@@]2(CCCN(C(=O)OC(C)(C)C)CC2)c2c1n(CC(=O)Nc1ccc(C(F)(F)F)cc1Cl)c1nc(C3=CCOCC3)nn1c2=O. The topological polar surface area (TPSA) is 129 Å². The lowest BCUT2D eigenvalue weighted by Gasteiger charge is -2.29. The number of fused-ring (bicyclic) bond motifs is 3. The first-order chi connectivity index (χ1) is 22.6. The highest BCUT2D eigenvalue weighted by Crippen LogP contribution is 2.48. The molecule has 1 fully saturated rings. The van der Waals surface area contributed by atoms with Crippen molar-refractivity contribution in [3.8, 4) is 0 Å². The number of anilines is 1. The largest absolute Gasteiger partial charge is 0.444 e. The predicted molar refractivity (Wildman–Crippen MR) is 169 cm³/mol. The molecule has 258 valence electrons. The van der Waals surface area contributed by atoms with Crippen molar-refractivity contribution < 1.29 is 37.0 Å². The van der Waals surface area contributed by atoms with E-state index in [9.17, 15) is 27.6 Å². The van der Waals surface area contributed by atoms with Crippen LogP contribution in [0.5, 0.6) is 0 Å². The van der Waals surface area contributed by atoms with Gasteiger partial charge in [-0.15, -0.1) is 5.10 Å². The number of benzene rings is 1. The van der Waals surface area contributed by atoms with Crippen molar-refractivity contribution in [3.05, 3.63) is 62.3 Å². The minimum atomic E-state index is -4.60. The summed E-state index contributed by atoms with van der Waals surface area (Å²) in [5.74, 6) is -0.200. The van der Waals surface area contributed by atoms with Gasteiger partial charge in [0.15, 0.2) is 5.82 Å². The fourth-order valence-corrected chi connectivity index (χ4v) is 6.74. The van der Waals surface area contributed by atoms with Crippen LogP contribution in [0.25, 0.3) is 11.4 Å². The zero-order valence-electron chi connectivity index (χ0n) is 26.9. The van der Waals surface area contributed by atoms with E-state index >= 15 is 0 Å². The number of carbonyl (C=O) groups is 2. The van der Waals surface area contributed by atoms with E-state index < -0.39 is 46.6 Å². The maximum atomic E-state index is 14.3. The van der Waals surface area contributed by atoms with Crippen LogP contribution in [0.2, 0.25) is 5.02 Å². The first-order valence-electron chi connectivity index (χ1n) is 15.7. The van der Waals surface area contributed by atoms with Gasteiger partial charge in [0.1, 0.15) is 17.7 Å². The van der Waals surface area contributed by atoms with Crippen LogP contribution in [0, 0.1) is 0 Å². The van der Waals surface area contributed by atoms with Crippen molar-refractivity contribution in [2.45, 2.75) is 83.4 Å². The van der Waals surface area contributed by atoms with Crippen LogP contribution in [0.3, 0.4) is 0 Å². The zero-order valence-corrected chi connectivity index (χ0v) is 27.7. The molecule has 6 rings (SSSR count). The Balaban J connectivity index is 1.41. The Morgan fingerprint density at radius 1 is 1.19 bits per heavy atom. The molecule has 12 nitrogen and oxygen atoms in total. The quantitative estimate of drug-likeness (QED) is 0.368. The highest BCUT2D eigenvalue weighted by Gasteiger charge is 2.49. The minimum absolute atomic E-state index is 0.00957. The molecule has 5 heterocycles. The van der Waals surface area contributed by atoms with Crippen molar-refractivity contribution in [2.24, 2.45) is 0 Å². The molecule has 0 bridgehead atoms. The summed E-state index contributed by atoms with van der Waals surface area (Å²) in [5, 5.41) is 6.88. The zero-order chi connectivity index (χ0) is 34.6. The highest BCUT2D eigenvalue weighted by molar-refractivity contribution is 6.33. The van der Waals surface area contributed by atoms with Gasteiger partial charge in [-0.2, -0.15) is 22.7 Å². The number of likely N-dealkylation sites (tertiary alicyclic amines) is 1. The van der Waals surface area contributed by atoms with Crippen LogP contribution in [0.15, 0.2) is 29.1 Å². The number of aromatic nitrogens is 4. The Hall–Kier alpha value is -3.95. The number of hydrogen-bond acceptors (Lipinski definition) is 8. The number of hydrogen-bond donors (Lipinski definition) is 1. The maximum absolute atomic E-state index is 14.3. The van der Waals surface area contributed by atoms with Gasteiger partial charge in [0.2, 0.25) is 11.7 Å². The minimum Gasteiger partial charge on any atom is -0.444 e. The van der Waals surface area contributed by atoms with Gasteiger partial charge >= 0.3 is 12.3 Å². The van der Waals surface area contributed by atoms with E-state index in [0.29, 0.717) is 62.5 Å². The molecule has 1 N–H and O–H groups in total. The Labute approximate surface area is 278 Å². The standard InChI is InChI=1S/C32H36ClF3N6O6/c1-18-25-24(31(47-18)10-5-12-40(13-11-31)29(45)48-30(2,3)4)27(44)42-28(38-26(39-42)19-8-14-46-15-9-19)41(25)17-23(43)37-22-7-6-20(16-21(22)33)32(34,35)36/h6-8,16,18H,5,9-15,17H2,1-4H3,(H,37,43)/t18-,31-/m1/s1. The average molecular weight is 693 g/mol. The Kier molecular flexibility index (Phi) is 8.83. The fourth-order valence-electron chi connectivity index (χ4n) is 6.51. The Bertz CT molecular complexity index is 1870. The predicted octanol–water partition coefficient (Wildman–Crippen LogP) is 5.71. The Morgan fingerprint density at radius 2 is 1.96 bits per heavy atom. The van der Waals surface area contributed by atoms with E-state index in [2.05, 4.69) is 15.4 Å². The molecule has 0 aliphatic carbocycles. The molecule has 0 saturated carbocycles. The second-order valence-electron chi connectivity index (χ2n) is 13.2. The monoisotopic (exact) mass is 692 g/mol. The van der Waals surface area contributed by atoms with Gasteiger partial charge < -0.3 is 29.0 Å². The third-order valence-corrected chi connectivity index (χ3v) is 8.91. The van der Waals surface area contributed by atoms with E-state index in [0.717, 1.165) is 23.8 Å². The fraction of sp³-hybridized carbons (Fsp3) is 0.531. The van der Waals surface area contributed by atoms with E-state index in [4.69, 9.17) is 25.8 Å². The van der Waals surface area contributed by atoms with Crippen LogP contribution in [-0.4, -0.2) is 68.0 Å². The lowest BCUT2D eigenvalue weighted by molar-refractivity contribution is -0.137. The number of carbonyl (C=O) groups excluding carboxylic acids is 2. The van der Waals surface area contributed by atoms with Gasteiger partial charge in [-0.05, 0) is 77.2 Å². The van der Waals surface area contributed by atoms with Crippen molar-refractivity contribution in [2.75, 3.05) is 31.6 Å². The summed E-state index contributed by atoms with van der Waals surface area (Å²) in [6.07, 6.45) is -2.12. The summed E-state index contributed by atoms with van der Waals surface area (Å²) in [7, 11) is 0. The second-order valence-corrected chi connectivity index (χ2v) is 13.6. The summed E-state index contributed by atoms with van der Waals surface area (Å²) >= 11 is 6.12. The molecular weight excluding hydrogens is 657 g/mol. The summed E-state index contributed by atoms with van der Waals surface area (Å²) in [4.78, 5) is 47.1. The van der Waals surface area contributed by atoms with Crippen LogP contribution in [0.1, 0.15) is 82.1 Å². The summed E-state index contributed by atoms with van der Waals surface area (Å²) in [6.45, 7) is 8.27. The molecule has 1 saturated heterocycles. The van der Waals surface area contributed by atoms with Gasteiger partial charge in [0, 0.05) is 13.1 Å². The molecule has 1 aromatic carbocycles. The molecule has 1 spiro atoms. The van der Waals surface area contributed by atoms with Gasteiger partial charge in [0.25, 0.3) is 5.56 Å².